The highest BCUT2D eigenvalue weighted by molar-refractivity contribution is 7.88. The molecule has 0 aromatic heterocycles. The molecule has 1 fully saturated rings. The minimum Gasteiger partial charge on any atom is -0.480 e. The number of carbonyl (C=O) groups is 2. The molecule has 8 nitrogen and oxygen atoms in total. The lowest BCUT2D eigenvalue weighted by molar-refractivity contribution is -0.137. The molecule has 0 spiro atoms. The summed E-state index contributed by atoms with van der Waals surface area (Å²) in [5.41, 5.74) is 3.03. The maximum Gasteiger partial charge on any atom is 0.318 e. The number of hydrogen-bond acceptors (Lipinski definition) is 5. The fourth-order valence-corrected chi connectivity index (χ4v) is 4.48. The van der Waals surface area contributed by atoms with E-state index in [0.29, 0.717) is 12.1 Å². The standard InChI is InChI=1S/C18H24N2O6S/c1-27(24,25)20(12-17(21)22)11-14-10-19(8-9-26-14)18(23)16-7-3-5-13-4-2-6-15(13)16/h3,5,7,14H,2,4,6,8-12H2,1H3,(H,21,22). The van der Waals surface area contributed by atoms with Gasteiger partial charge in [0.2, 0.25) is 10.0 Å². The van der Waals surface area contributed by atoms with Crippen molar-refractivity contribution in [1.29, 1.82) is 0 Å². The number of ether oxygens (including phenoxy) is 1. The van der Waals surface area contributed by atoms with Crippen molar-refractivity contribution in [3.05, 3.63) is 34.9 Å². The monoisotopic (exact) mass is 396 g/mol. The van der Waals surface area contributed by atoms with Gasteiger partial charge in [-0.05, 0) is 36.5 Å². The lowest BCUT2D eigenvalue weighted by Crippen LogP contribution is -2.51. The molecule has 27 heavy (non-hydrogen) atoms. The summed E-state index contributed by atoms with van der Waals surface area (Å²) < 4.78 is 30.1. The van der Waals surface area contributed by atoms with Crippen LogP contribution in [0.5, 0.6) is 0 Å². The van der Waals surface area contributed by atoms with Gasteiger partial charge in [-0.15, -0.1) is 0 Å². The van der Waals surface area contributed by atoms with E-state index < -0.39 is 28.6 Å². The summed E-state index contributed by atoms with van der Waals surface area (Å²) in [4.78, 5) is 25.6. The summed E-state index contributed by atoms with van der Waals surface area (Å²) in [5.74, 6) is -1.31. The molecule has 2 aliphatic rings. The highest BCUT2D eigenvalue weighted by Crippen LogP contribution is 2.26. The molecule has 1 aromatic rings. The number of aryl methyl sites for hydroxylation is 1. The number of nitrogens with zero attached hydrogens (tertiary/aromatic N) is 2. The third-order valence-corrected chi connectivity index (χ3v) is 6.21. The van der Waals surface area contributed by atoms with Crippen LogP contribution >= 0.6 is 0 Å². The van der Waals surface area contributed by atoms with Crippen molar-refractivity contribution in [2.45, 2.75) is 25.4 Å². The lowest BCUT2D eigenvalue weighted by atomic mass is 10.0. The van der Waals surface area contributed by atoms with E-state index in [0.717, 1.165) is 35.4 Å². The van der Waals surface area contributed by atoms with Crippen molar-refractivity contribution < 1.29 is 27.9 Å². The molecule has 1 N–H and O–H groups in total. The molecule has 148 valence electrons. The van der Waals surface area contributed by atoms with Crippen LogP contribution in [0.1, 0.15) is 27.9 Å². The van der Waals surface area contributed by atoms with Gasteiger partial charge in [0.25, 0.3) is 5.91 Å². The van der Waals surface area contributed by atoms with Gasteiger partial charge >= 0.3 is 5.97 Å². The van der Waals surface area contributed by atoms with Gasteiger partial charge in [-0.1, -0.05) is 12.1 Å². The number of rotatable bonds is 6. The quantitative estimate of drug-likeness (QED) is 0.745. The van der Waals surface area contributed by atoms with Gasteiger partial charge < -0.3 is 14.7 Å². The Morgan fingerprint density at radius 1 is 1.33 bits per heavy atom. The number of carboxylic acid groups (broad SMARTS) is 1. The van der Waals surface area contributed by atoms with Crippen LogP contribution in [-0.2, 0) is 32.4 Å². The minimum absolute atomic E-state index is 0.0776. The molecule has 1 aliphatic carbocycles. The average Bonchev–Trinajstić information content (AvgIpc) is 3.08. The minimum atomic E-state index is -3.69. The Kier molecular flexibility index (Phi) is 5.83. The van der Waals surface area contributed by atoms with Gasteiger partial charge in [0.1, 0.15) is 6.54 Å². The number of benzene rings is 1. The van der Waals surface area contributed by atoms with E-state index in [-0.39, 0.29) is 25.6 Å². The maximum atomic E-state index is 13.0. The molecule has 1 unspecified atom stereocenters. The Balaban J connectivity index is 1.71. The van der Waals surface area contributed by atoms with Gasteiger partial charge in [0.05, 0.1) is 19.0 Å². The van der Waals surface area contributed by atoms with Crippen molar-refractivity contribution >= 4 is 21.9 Å². The molecule has 1 aliphatic heterocycles. The van der Waals surface area contributed by atoms with E-state index in [4.69, 9.17) is 9.84 Å². The first-order valence-electron chi connectivity index (χ1n) is 8.94. The normalized spacial score (nSPS) is 19.9. The topological polar surface area (TPSA) is 104 Å². The number of hydrogen-bond donors (Lipinski definition) is 1. The Morgan fingerprint density at radius 2 is 2.11 bits per heavy atom. The second-order valence-corrected chi connectivity index (χ2v) is 8.97. The number of sulfonamides is 1. The van der Waals surface area contributed by atoms with E-state index in [2.05, 4.69) is 6.07 Å². The molecular formula is C18H24N2O6S. The zero-order valence-corrected chi connectivity index (χ0v) is 16.1. The summed E-state index contributed by atoms with van der Waals surface area (Å²) in [5, 5.41) is 8.94. The fourth-order valence-electron chi connectivity index (χ4n) is 3.70. The zero-order valence-electron chi connectivity index (χ0n) is 15.3. The van der Waals surface area contributed by atoms with Crippen LogP contribution in [0.3, 0.4) is 0 Å². The molecule has 0 bridgehead atoms. The van der Waals surface area contributed by atoms with Crippen LogP contribution in [-0.4, -0.2) is 79.8 Å². The van der Waals surface area contributed by atoms with Gasteiger partial charge in [0, 0.05) is 25.2 Å². The number of fused-ring (bicyclic) bond motifs is 1. The first kappa shape index (κ1) is 19.8. The van der Waals surface area contributed by atoms with Gasteiger partial charge in [-0.25, -0.2) is 8.42 Å². The fraction of sp³-hybridized carbons (Fsp3) is 0.556. The zero-order chi connectivity index (χ0) is 19.6. The number of aliphatic carboxylic acids is 1. The number of morpholine rings is 1. The van der Waals surface area contributed by atoms with E-state index in [9.17, 15) is 18.0 Å². The van der Waals surface area contributed by atoms with E-state index in [1.165, 1.54) is 5.56 Å². The third-order valence-electron chi connectivity index (χ3n) is 4.99. The highest BCUT2D eigenvalue weighted by Gasteiger charge is 2.31. The van der Waals surface area contributed by atoms with Crippen LogP contribution in [0.25, 0.3) is 0 Å². The summed E-state index contributed by atoms with van der Waals surface area (Å²) in [6.45, 7) is 0.224. The van der Waals surface area contributed by atoms with Crippen LogP contribution < -0.4 is 0 Å². The number of carboxylic acids is 1. The van der Waals surface area contributed by atoms with Crippen LogP contribution in [0.4, 0.5) is 0 Å². The largest absolute Gasteiger partial charge is 0.480 e. The van der Waals surface area contributed by atoms with Crippen LogP contribution in [0, 0.1) is 0 Å². The Morgan fingerprint density at radius 3 is 2.81 bits per heavy atom. The van der Waals surface area contributed by atoms with Crippen molar-refractivity contribution in [3.8, 4) is 0 Å². The third kappa shape index (κ3) is 4.66. The lowest BCUT2D eigenvalue weighted by Gasteiger charge is -2.35. The molecule has 1 amide bonds. The highest BCUT2D eigenvalue weighted by atomic mass is 32.2. The first-order chi connectivity index (χ1) is 12.8. The van der Waals surface area contributed by atoms with Crippen LogP contribution in [0.2, 0.25) is 0 Å². The molecule has 0 saturated carbocycles. The number of carbonyl (C=O) groups excluding carboxylic acids is 1. The molecule has 1 atom stereocenters. The van der Waals surface area contributed by atoms with Crippen molar-refractivity contribution in [2.24, 2.45) is 0 Å². The van der Waals surface area contributed by atoms with Gasteiger partial charge in [0.15, 0.2) is 0 Å². The summed E-state index contributed by atoms with van der Waals surface area (Å²) >= 11 is 0. The molecule has 1 heterocycles. The van der Waals surface area contributed by atoms with Crippen molar-refractivity contribution in [1.82, 2.24) is 9.21 Å². The average molecular weight is 396 g/mol. The molecular weight excluding hydrogens is 372 g/mol. The van der Waals surface area contributed by atoms with E-state index >= 15 is 0 Å². The predicted molar refractivity (Wildman–Crippen MR) is 98.2 cm³/mol. The Labute approximate surface area is 158 Å². The number of amides is 1. The molecule has 1 saturated heterocycles. The molecule has 9 heteroatoms. The van der Waals surface area contributed by atoms with Crippen molar-refractivity contribution in [2.75, 3.05) is 39.0 Å². The second kappa shape index (κ2) is 7.95. The Bertz CT molecular complexity index is 838. The molecule has 1 aromatic carbocycles. The smallest absolute Gasteiger partial charge is 0.318 e. The summed E-state index contributed by atoms with van der Waals surface area (Å²) in [7, 11) is -3.69. The maximum absolute atomic E-state index is 13.0. The first-order valence-corrected chi connectivity index (χ1v) is 10.8. The van der Waals surface area contributed by atoms with E-state index in [1.54, 1.807) is 4.90 Å². The summed E-state index contributed by atoms with van der Waals surface area (Å²) in [6, 6.07) is 5.79. The van der Waals surface area contributed by atoms with Gasteiger partial charge in [-0.2, -0.15) is 4.31 Å². The Hall–Kier alpha value is -1.97. The van der Waals surface area contributed by atoms with Gasteiger partial charge in [-0.3, -0.25) is 9.59 Å². The predicted octanol–water partition coefficient (Wildman–Crippen LogP) is 0.363. The molecule has 0 radical (unpaired) electrons. The SMILES string of the molecule is CS(=O)(=O)N(CC(=O)O)CC1CN(C(=O)c2cccc3c2CCC3)CCO1. The van der Waals surface area contributed by atoms with Crippen molar-refractivity contribution in [3.63, 3.8) is 0 Å². The summed E-state index contributed by atoms with van der Waals surface area (Å²) in [6.07, 6.45) is 3.33. The van der Waals surface area contributed by atoms with E-state index in [1.807, 2.05) is 12.1 Å². The second-order valence-electron chi connectivity index (χ2n) is 6.99. The molecule has 3 rings (SSSR count). The van der Waals surface area contributed by atoms with Crippen LogP contribution in [0.15, 0.2) is 18.2 Å².